The molecule has 0 aliphatic rings. The molecular formula is C10H21NO3. The SMILES string of the molecule is CCN(CC(=O)O)CC(O)(CC)CC. The molecule has 0 atom stereocenters. The van der Waals surface area contributed by atoms with Gasteiger partial charge >= 0.3 is 5.97 Å². The highest BCUT2D eigenvalue weighted by atomic mass is 16.4. The van der Waals surface area contributed by atoms with Crippen molar-refractivity contribution >= 4 is 5.97 Å². The third kappa shape index (κ3) is 4.58. The monoisotopic (exact) mass is 203 g/mol. The van der Waals surface area contributed by atoms with Gasteiger partial charge in [-0.05, 0) is 19.4 Å². The molecule has 0 fully saturated rings. The molecule has 0 unspecified atom stereocenters. The highest BCUT2D eigenvalue weighted by Gasteiger charge is 2.25. The molecular weight excluding hydrogens is 182 g/mol. The second kappa shape index (κ2) is 5.98. The number of carboxylic acids is 1. The lowest BCUT2D eigenvalue weighted by Gasteiger charge is -2.31. The minimum Gasteiger partial charge on any atom is -0.480 e. The Balaban J connectivity index is 4.21. The van der Waals surface area contributed by atoms with Crippen LogP contribution in [0.4, 0.5) is 0 Å². The van der Waals surface area contributed by atoms with E-state index in [-0.39, 0.29) is 6.54 Å². The molecule has 0 radical (unpaired) electrons. The topological polar surface area (TPSA) is 60.8 Å². The number of hydrogen-bond donors (Lipinski definition) is 2. The van der Waals surface area contributed by atoms with Gasteiger partial charge in [-0.25, -0.2) is 0 Å². The number of nitrogens with zero attached hydrogens (tertiary/aromatic N) is 1. The van der Waals surface area contributed by atoms with Crippen molar-refractivity contribution in [1.82, 2.24) is 4.90 Å². The number of aliphatic hydroxyl groups is 1. The van der Waals surface area contributed by atoms with E-state index in [9.17, 15) is 9.90 Å². The fraction of sp³-hybridized carbons (Fsp3) is 0.900. The van der Waals surface area contributed by atoms with Crippen molar-refractivity contribution in [2.45, 2.75) is 39.2 Å². The van der Waals surface area contributed by atoms with Crippen LogP contribution in [0.15, 0.2) is 0 Å². The average Bonchev–Trinajstić information content (AvgIpc) is 2.16. The Morgan fingerprint density at radius 3 is 2.07 bits per heavy atom. The summed E-state index contributed by atoms with van der Waals surface area (Å²) in [5, 5.41) is 18.6. The average molecular weight is 203 g/mol. The van der Waals surface area contributed by atoms with E-state index in [1.54, 1.807) is 4.90 Å². The zero-order valence-electron chi connectivity index (χ0n) is 9.29. The van der Waals surface area contributed by atoms with Gasteiger partial charge in [0.25, 0.3) is 0 Å². The molecule has 0 aliphatic carbocycles. The highest BCUT2D eigenvalue weighted by molar-refractivity contribution is 5.69. The van der Waals surface area contributed by atoms with Gasteiger partial charge in [0.15, 0.2) is 0 Å². The standard InChI is InChI=1S/C10H21NO3/c1-4-10(14,5-2)8-11(6-3)7-9(12)13/h14H,4-8H2,1-3H3,(H,12,13). The summed E-state index contributed by atoms with van der Waals surface area (Å²) in [5.74, 6) is -0.846. The van der Waals surface area contributed by atoms with E-state index in [1.807, 2.05) is 20.8 Å². The second-order valence-electron chi connectivity index (χ2n) is 3.63. The van der Waals surface area contributed by atoms with Gasteiger partial charge in [0.1, 0.15) is 0 Å². The molecule has 0 bridgehead atoms. The van der Waals surface area contributed by atoms with Crippen molar-refractivity contribution in [2.24, 2.45) is 0 Å². The third-order valence-electron chi connectivity index (χ3n) is 2.64. The van der Waals surface area contributed by atoms with Crippen LogP contribution < -0.4 is 0 Å². The van der Waals surface area contributed by atoms with E-state index in [4.69, 9.17) is 5.11 Å². The maximum atomic E-state index is 10.5. The van der Waals surface area contributed by atoms with Gasteiger partial charge in [-0.2, -0.15) is 0 Å². The summed E-state index contributed by atoms with van der Waals surface area (Å²) in [6.07, 6.45) is 1.30. The Kier molecular flexibility index (Phi) is 5.72. The molecule has 84 valence electrons. The first-order valence-electron chi connectivity index (χ1n) is 5.14. The lowest BCUT2D eigenvalue weighted by molar-refractivity contribution is -0.139. The van der Waals surface area contributed by atoms with E-state index in [0.717, 1.165) is 0 Å². The Bertz CT molecular complexity index is 178. The van der Waals surface area contributed by atoms with E-state index in [1.165, 1.54) is 0 Å². The predicted molar refractivity (Wildman–Crippen MR) is 55.3 cm³/mol. The first-order chi connectivity index (χ1) is 6.47. The summed E-state index contributed by atoms with van der Waals surface area (Å²) in [6, 6.07) is 0. The van der Waals surface area contributed by atoms with Crippen LogP contribution in [0.2, 0.25) is 0 Å². The van der Waals surface area contributed by atoms with Crippen LogP contribution in [0, 0.1) is 0 Å². The molecule has 4 nitrogen and oxygen atoms in total. The van der Waals surface area contributed by atoms with E-state index in [0.29, 0.717) is 25.9 Å². The van der Waals surface area contributed by atoms with Crippen LogP contribution in [0.5, 0.6) is 0 Å². The Morgan fingerprint density at radius 2 is 1.79 bits per heavy atom. The number of aliphatic carboxylic acids is 1. The van der Waals surface area contributed by atoms with Crippen molar-refractivity contribution < 1.29 is 15.0 Å². The van der Waals surface area contributed by atoms with Gasteiger partial charge in [0.05, 0.1) is 12.1 Å². The molecule has 2 N–H and O–H groups in total. The van der Waals surface area contributed by atoms with Crippen LogP contribution in [-0.2, 0) is 4.79 Å². The van der Waals surface area contributed by atoms with E-state index < -0.39 is 11.6 Å². The fourth-order valence-corrected chi connectivity index (χ4v) is 1.36. The van der Waals surface area contributed by atoms with Crippen LogP contribution in [0.1, 0.15) is 33.6 Å². The van der Waals surface area contributed by atoms with Gasteiger partial charge in [-0.1, -0.05) is 20.8 Å². The zero-order valence-corrected chi connectivity index (χ0v) is 9.29. The van der Waals surface area contributed by atoms with Crippen molar-refractivity contribution in [1.29, 1.82) is 0 Å². The molecule has 0 aromatic rings. The van der Waals surface area contributed by atoms with Crippen molar-refractivity contribution in [3.05, 3.63) is 0 Å². The molecule has 0 saturated heterocycles. The van der Waals surface area contributed by atoms with Crippen LogP contribution in [-0.4, -0.2) is 46.3 Å². The molecule has 0 heterocycles. The summed E-state index contributed by atoms with van der Waals surface area (Å²) < 4.78 is 0. The van der Waals surface area contributed by atoms with Gasteiger partial charge < -0.3 is 10.2 Å². The summed E-state index contributed by atoms with van der Waals surface area (Å²) in [4.78, 5) is 12.3. The molecule has 0 aromatic heterocycles. The Morgan fingerprint density at radius 1 is 1.29 bits per heavy atom. The molecule has 0 aromatic carbocycles. The number of hydrogen-bond acceptors (Lipinski definition) is 3. The lowest BCUT2D eigenvalue weighted by Crippen LogP contribution is -2.44. The first-order valence-corrected chi connectivity index (χ1v) is 5.14. The molecule has 0 rings (SSSR count). The summed E-state index contributed by atoms with van der Waals surface area (Å²) >= 11 is 0. The highest BCUT2D eigenvalue weighted by Crippen LogP contribution is 2.16. The number of likely N-dealkylation sites (N-methyl/N-ethyl adjacent to an activating group) is 1. The lowest BCUT2D eigenvalue weighted by atomic mass is 9.97. The van der Waals surface area contributed by atoms with Gasteiger partial charge in [0, 0.05) is 6.54 Å². The molecule has 0 aliphatic heterocycles. The largest absolute Gasteiger partial charge is 0.480 e. The van der Waals surface area contributed by atoms with Crippen LogP contribution in [0.25, 0.3) is 0 Å². The quantitative estimate of drug-likeness (QED) is 0.646. The Labute approximate surface area is 85.5 Å². The number of carboxylic acid groups (broad SMARTS) is 1. The van der Waals surface area contributed by atoms with Gasteiger partial charge in [-0.3, -0.25) is 9.69 Å². The zero-order chi connectivity index (χ0) is 11.2. The van der Waals surface area contributed by atoms with Crippen molar-refractivity contribution in [2.75, 3.05) is 19.6 Å². The molecule has 0 saturated carbocycles. The normalized spacial score (nSPS) is 12.1. The Hall–Kier alpha value is -0.610. The third-order valence-corrected chi connectivity index (χ3v) is 2.64. The van der Waals surface area contributed by atoms with Crippen LogP contribution >= 0.6 is 0 Å². The minimum atomic E-state index is -0.846. The van der Waals surface area contributed by atoms with Crippen molar-refractivity contribution in [3.8, 4) is 0 Å². The fourth-order valence-electron chi connectivity index (χ4n) is 1.36. The second-order valence-corrected chi connectivity index (χ2v) is 3.63. The smallest absolute Gasteiger partial charge is 0.317 e. The minimum absolute atomic E-state index is 0.00118. The molecule has 0 amide bonds. The van der Waals surface area contributed by atoms with Crippen molar-refractivity contribution in [3.63, 3.8) is 0 Å². The number of carbonyl (C=O) groups is 1. The number of rotatable bonds is 7. The molecule has 4 heteroatoms. The summed E-state index contributed by atoms with van der Waals surface area (Å²) in [7, 11) is 0. The van der Waals surface area contributed by atoms with E-state index >= 15 is 0 Å². The van der Waals surface area contributed by atoms with Gasteiger partial charge in [-0.15, -0.1) is 0 Å². The maximum Gasteiger partial charge on any atom is 0.317 e. The van der Waals surface area contributed by atoms with Gasteiger partial charge in [0.2, 0.25) is 0 Å². The van der Waals surface area contributed by atoms with Crippen LogP contribution in [0.3, 0.4) is 0 Å². The van der Waals surface area contributed by atoms with E-state index in [2.05, 4.69) is 0 Å². The summed E-state index contributed by atoms with van der Waals surface area (Å²) in [6.45, 7) is 6.81. The first kappa shape index (κ1) is 13.4. The molecule has 14 heavy (non-hydrogen) atoms. The molecule has 0 spiro atoms. The predicted octanol–water partition coefficient (Wildman–Crippen LogP) is 0.944. The summed E-state index contributed by atoms with van der Waals surface area (Å²) in [5.41, 5.74) is -0.745. The maximum absolute atomic E-state index is 10.5.